The second-order valence-corrected chi connectivity index (χ2v) is 6.22. The molecule has 4 heterocycles. The molecule has 0 aliphatic heterocycles. The molecular weight excluding hydrogens is 332 g/mol. The van der Waals surface area contributed by atoms with Gasteiger partial charge in [0.15, 0.2) is 17.3 Å². The lowest BCUT2D eigenvalue weighted by Crippen LogP contribution is -2.00. The minimum atomic E-state index is 0.330. The molecule has 130 valence electrons. The van der Waals surface area contributed by atoms with Gasteiger partial charge < -0.3 is 15.8 Å². The molecule has 26 heavy (non-hydrogen) atoms. The summed E-state index contributed by atoms with van der Waals surface area (Å²) in [6, 6.07) is 5.56. The first kappa shape index (κ1) is 14.8. The first-order chi connectivity index (χ1) is 12.7. The summed E-state index contributed by atoms with van der Waals surface area (Å²) in [6.07, 6.45) is 6.11. The molecule has 0 atom stereocenters. The fourth-order valence-corrected chi connectivity index (χ4v) is 2.83. The van der Waals surface area contributed by atoms with Gasteiger partial charge in [-0.05, 0) is 31.0 Å². The highest BCUT2D eigenvalue weighted by molar-refractivity contribution is 5.98. The number of hydrogen-bond donors (Lipinski definition) is 2. The van der Waals surface area contributed by atoms with Gasteiger partial charge in [0.25, 0.3) is 0 Å². The monoisotopic (exact) mass is 348 g/mol. The molecule has 0 bridgehead atoms. The number of hydrogen-bond acceptors (Lipinski definition) is 8. The van der Waals surface area contributed by atoms with Crippen molar-refractivity contribution in [3.8, 4) is 17.1 Å². The van der Waals surface area contributed by atoms with Gasteiger partial charge in [-0.25, -0.2) is 14.5 Å². The molecule has 0 aromatic carbocycles. The maximum atomic E-state index is 5.83. The lowest BCUT2D eigenvalue weighted by molar-refractivity contribution is 0.301. The number of ether oxygens (including phenoxy) is 1. The van der Waals surface area contributed by atoms with Gasteiger partial charge in [-0.1, -0.05) is 0 Å². The second kappa shape index (κ2) is 5.51. The molecule has 0 radical (unpaired) electrons. The predicted octanol–water partition coefficient (Wildman–Crippen LogP) is 1.90. The number of nitrogens with zero attached hydrogens (tertiary/aromatic N) is 6. The Bertz CT molecular complexity index is 1130. The maximum Gasteiger partial charge on any atom is 0.184 e. The molecule has 4 aromatic rings. The minimum Gasteiger partial charge on any atom is -0.489 e. The zero-order chi connectivity index (χ0) is 17.7. The summed E-state index contributed by atoms with van der Waals surface area (Å²) in [5.41, 5.74) is 7.92. The summed E-state index contributed by atoms with van der Waals surface area (Å²) in [4.78, 5) is 9.00. The van der Waals surface area contributed by atoms with E-state index in [0.29, 0.717) is 29.1 Å². The molecule has 0 amide bonds. The third-order valence-corrected chi connectivity index (χ3v) is 4.26. The average Bonchev–Trinajstić information content (AvgIpc) is 3.36. The van der Waals surface area contributed by atoms with E-state index in [2.05, 4.69) is 30.6 Å². The lowest BCUT2D eigenvalue weighted by atomic mass is 10.1. The van der Waals surface area contributed by atoms with Crippen LogP contribution in [0.2, 0.25) is 0 Å². The second-order valence-electron chi connectivity index (χ2n) is 6.22. The number of nitrogens with one attached hydrogen (secondary N) is 1. The summed E-state index contributed by atoms with van der Waals surface area (Å²) in [5.74, 6) is 2.29. The highest BCUT2D eigenvalue weighted by Gasteiger charge is 2.23. The van der Waals surface area contributed by atoms with E-state index >= 15 is 0 Å². The number of nitrogens with two attached hydrogens (primary N) is 1. The van der Waals surface area contributed by atoms with E-state index in [1.807, 2.05) is 18.3 Å². The molecule has 1 aliphatic carbocycles. The molecule has 3 N–H and O–H groups in total. The summed E-state index contributed by atoms with van der Waals surface area (Å²) < 4.78 is 7.53. The van der Waals surface area contributed by atoms with E-state index in [9.17, 15) is 0 Å². The molecule has 0 saturated heterocycles. The van der Waals surface area contributed by atoms with E-state index in [-0.39, 0.29) is 0 Å². The van der Waals surface area contributed by atoms with Crippen LogP contribution < -0.4 is 15.8 Å². The Labute approximate surface area is 148 Å². The molecule has 4 aromatic heterocycles. The third kappa shape index (κ3) is 2.44. The highest BCUT2D eigenvalue weighted by Crippen LogP contribution is 2.30. The van der Waals surface area contributed by atoms with Crippen LogP contribution in [0.15, 0.2) is 30.6 Å². The van der Waals surface area contributed by atoms with Crippen LogP contribution in [-0.4, -0.2) is 42.9 Å². The van der Waals surface area contributed by atoms with Gasteiger partial charge in [-0.3, -0.25) is 0 Å². The zero-order valence-electron chi connectivity index (χ0n) is 14.0. The normalized spacial score (nSPS) is 14.0. The average molecular weight is 348 g/mol. The largest absolute Gasteiger partial charge is 0.489 e. The van der Waals surface area contributed by atoms with E-state index in [4.69, 9.17) is 10.5 Å². The van der Waals surface area contributed by atoms with E-state index in [1.165, 1.54) is 0 Å². The molecule has 1 aliphatic rings. The van der Waals surface area contributed by atoms with Crippen molar-refractivity contribution in [2.45, 2.75) is 18.9 Å². The van der Waals surface area contributed by atoms with Gasteiger partial charge in [-0.2, -0.15) is 0 Å². The van der Waals surface area contributed by atoms with E-state index < -0.39 is 0 Å². The Morgan fingerprint density at radius 1 is 1.27 bits per heavy atom. The highest BCUT2D eigenvalue weighted by atomic mass is 16.5. The number of pyridine rings is 2. The summed E-state index contributed by atoms with van der Waals surface area (Å²) in [5, 5.41) is 16.5. The van der Waals surface area contributed by atoms with Gasteiger partial charge in [0.1, 0.15) is 17.1 Å². The fourth-order valence-electron chi connectivity index (χ4n) is 2.83. The zero-order valence-corrected chi connectivity index (χ0v) is 14.0. The van der Waals surface area contributed by atoms with Crippen molar-refractivity contribution in [2.75, 3.05) is 18.1 Å². The number of anilines is 2. The van der Waals surface area contributed by atoms with Gasteiger partial charge in [0.2, 0.25) is 0 Å². The van der Waals surface area contributed by atoms with Crippen LogP contribution in [0.25, 0.3) is 27.9 Å². The van der Waals surface area contributed by atoms with Crippen LogP contribution in [0.5, 0.6) is 5.75 Å². The Morgan fingerprint density at radius 2 is 2.15 bits per heavy atom. The van der Waals surface area contributed by atoms with Crippen LogP contribution >= 0.6 is 0 Å². The smallest absolute Gasteiger partial charge is 0.184 e. The quantitative estimate of drug-likeness (QED) is 0.574. The predicted molar refractivity (Wildman–Crippen MR) is 96.9 cm³/mol. The molecule has 0 unspecified atom stereocenters. The number of aromatic nitrogens is 6. The number of fused-ring (bicyclic) bond motifs is 2. The van der Waals surface area contributed by atoms with Gasteiger partial charge in [0, 0.05) is 24.2 Å². The van der Waals surface area contributed by atoms with Gasteiger partial charge in [-0.15, -0.1) is 15.3 Å². The van der Waals surface area contributed by atoms with Crippen molar-refractivity contribution in [3.05, 3.63) is 30.6 Å². The number of nitrogen functional groups attached to an aromatic ring is 1. The van der Waals surface area contributed by atoms with Crippen molar-refractivity contribution in [2.24, 2.45) is 0 Å². The van der Waals surface area contributed by atoms with Gasteiger partial charge >= 0.3 is 0 Å². The minimum absolute atomic E-state index is 0.330. The van der Waals surface area contributed by atoms with E-state index in [1.54, 1.807) is 23.8 Å². The molecule has 1 fully saturated rings. The van der Waals surface area contributed by atoms with E-state index in [0.717, 1.165) is 35.2 Å². The van der Waals surface area contributed by atoms with Crippen LogP contribution in [0.3, 0.4) is 0 Å². The summed E-state index contributed by atoms with van der Waals surface area (Å²) >= 11 is 0. The molecule has 5 rings (SSSR count). The Balaban J connectivity index is 1.65. The van der Waals surface area contributed by atoms with Crippen molar-refractivity contribution in [1.82, 2.24) is 29.8 Å². The topological polar surface area (TPSA) is 116 Å². The van der Waals surface area contributed by atoms with Gasteiger partial charge in [0.05, 0.1) is 12.3 Å². The van der Waals surface area contributed by atoms with Crippen molar-refractivity contribution in [3.63, 3.8) is 0 Å². The van der Waals surface area contributed by atoms with Crippen LogP contribution in [0.4, 0.5) is 11.6 Å². The van der Waals surface area contributed by atoms with Crippen LogP contribution in [-0.2, 0) is 0 Å². The molecule has 1 saturated carbocycles. The molecule has 9 heteroatoms. The Kier molecular flexibility index (Phi) is 3.14. The van der Waals surface area contributed by atoms with Crippen molar-refractivity contribution in [1.29, 1.82) is 0 Å². The van der Waals surface area contributed by atoms with Crippen LogP contribution in [0.1, 0.15) is 12.8 Å². The van der Waals surface area contributed by atoms with Crippen molar-refractivity contribution < 1.29 is 4.74 Å². The standard InChI is InChI=1S/C17H16N8O/c1-19-17-15-11(6-13(18)22-23-15)12(7-20-17)16-21-14-5-4-10(8-25(14)24-16)26-9-2-3-9/h4-9H,2-3H2,1H3,(H2,18,22)(H,19,20). The Hall–Kier alpha value is -3.49. The SMILES string of the molecule is CNc1ncc(-c2nc3ccc(OC4CC4)cn3n2)c2cc(N)nnc12. The Morgan fingerprint density at radius 3 is 2.96 bits per heavy atom. The summed E-state index contributed by atoms with van der Waals surface area (Å²) in [6.45, 7) is 0. The van der Waals surface area contributed by atoms with Crippen molar-refractivity contribution >= 4 is 28.2 Å². The molecular formula is C17H16N8O. The first-order valence-electron chi connectivity index (χ1n) is 8.34. The lowest BCUT2D eigenvalue weighted by Gasteiger charge is -2.07. The fraction of sp³-hybridized carbons (Fsp3) is 0.235. The molecule has 9 nitrogen and oxygen atoms in total. The summed E-state index contributed by atoms with van der Waals surface area (Å²) in [7, 11) is 1.78. The first-order valence-corrected chi connectivity index (χ1v) is 8.34. The number of rotatable bonds is 4. The third-order valence-electron chi connectivity index (χ3n) is 4.26. The van der Waals surface area contributed by atoms with Crippen LogP contribution in [0, 0.1) is 0 Å². The maximum absolute atomic E-state index is 5.83. The molecule has 0 spiro atoms.